The van der Waals surface area contributed by atoms with E-state index in [4.69, 9.17) is 29.4 Å². The molecule has 7 N–H and O–H groups in total. The molecule has 10 atom stereocenters. The van der Waals surface area contributed by atoms with Gasteiger partial charge in [-0.1, -0.05) is 102 Å². The monoisotopic (exact) mass is 959 g/mol. The van der Waals surface area contributed by atoms with E-state index in [1.54, 1.807) is 53.5 Å². The van der Waals surface area contributed by atoms with Gasteiger partial charge in [-0.3, -0.25) is 14.4 Å². The van der Waals surface area contributed by atoms with Gasteiger partial charge in [0.2, 0.25) is 11.8 Å². The number of carbonyl (C=O) groups is 4. The molecule has 0 radical (unpaired) electrons. The molecule has 0 aromatic heterocycles. The van der Waals surface area contributed by atoms with Gasteiger partial charge < -0.3 is 64.8 Å². The molecule has 2 aromatic carbocycles. The maximum atomic E-state index is 13.2. The first-order chi connectivity index (χ1) is 31.0. The molecule has 1 fully saturated rings. The molecule has 5 rings (SSSR count). The molecular formula is C49H70ClN3O14. The zero-order chi connectivity index (χ0) is 49.5. The van der Waals surface area contributed by atoms with Gasteiger partial charge in [0.05, 0.1) is 17.3 Å². The number of para-hydroxylation sites is 4. The first-order valence-corrected chi connectivity index (χ1v) is 21.6. The van der Waals surface area contributed by atoms with Crippen LogP contribution < -0.4 is 25.0 Å². The summed E-state index contributed by atoms with van der Waals surface area (Å²) >= 11 is 0. The van der Waals surface area contributed by atoms with E-state index in [0.29, 0.717) is 23.7 Å². The Bertz CT molecular complexity index is 2020. The van der Waals surface area contributed by atoms with E-state index in [1.165, 1.54) is 31.3 Å². The zero-order valence-corrected chi connectivity index (χ0v) is 40.4. The standard InChI is InChI=1S/C25H35NO7.C12H14N2O2.C12H20O5.ClH/c1-6-13-26-17-9-7-8-10-20(17)33-15-16(24(26)31)14-19(28)23(32-5)22(30)21(29)18(27)11-12-25(2,3)4;1-2-7-14-10-5-3-4-6-11(10)16-8-9(13)12(14)15;1-12(2,3)6-5-7(13)9-8(14)10(16-4)11(15)17-9;/h6-12,16,18,21-23,27,29-30H,1,13-15H2,2-5H3;2-6,9H,1,7-8,13H2;5-10,13-14H,1-4H3;1H/b12-11+;;6-5+;/t16-,18+,21-,22+,23-;9-;7-,8-,9+,10-;/m001./s1. The van der Waals surface area contributed by atoms with E-state index in [2.05, 4.69) is 13.2 Å². The topological polar surface area (TPSA) is 248 Å². The van der Waals surface area contributed by atoms with E-state index in [-0.39, 0.29) is 61.2 Å². The highest BCUT2D eigenvalue weighted by molar-refractivity contribution is 6.00. The maximum absolute atomic E-state index is 13.2. The fourth-order valence-corrected chi connectivity index (χ4v) is 6.85. The number of esters is 1. The number of nitrogens with two attached hydrogens (primary N) is 1. The number of hydrogen-bond donors (Lipinski definition) is 6. The number of aliphatic hydroxyl groups excluding tert-OH is 5. The number of allylic oxidation sites excluding steroid dienone is 2. The second kappa shape index (κ2) is 26.6. The number of ketones is 1. The van der Waals surface area contributed by atoms with Crippen LogP contribution in [-0.2, 0) is 33.4 Å². The molecule has 17 nitrogen and oxygen atoms in total. The van der Waals surface area contributed by atoms with Crippen molar-refractivity contribution in [2.24, 2.45) is 22.5 Å². The van der Waals surface area contributed by atoms with Crippen LogP contribution in [0.4, 0.5) is 11.4 Å². The summed E-state index contributed by atoms with van der Waals surface area (Å²) in [6, 6.07) is 13.9. The number of Topliss-reactive ketones (excluding diaryl/α,β-unsaturated/α-hetero) is 1. The Balaban J connectivity index is 0.000000379. The van der Waals surface area contributed by atoms with Crippen LogP contribution in [0.5, 0.6) is 11.5 Å². The smallest absolute Gasteiger partial charge is 0.338 e. The van der Waals surface area contributed by atoms with Crippen molar-refractivity contribution in [2.75, 3.05) is 50.3 Å². The largest absolute Gasteiger partial charge is 0.491 e. The fourth-order valence-electron chi connectivity index (χ4n) is 6.85. The quantitative estimate of drug-likeness (QED) is 0.111. The van der Waals surface area contributed by atoms with Crippen LogP contribution in [0.2, 0.25) is 0 Å². The van der Waals surface area contributed by atoms with Crippen molar-refractivity contribution in [3.63, 3.8) is 0 Å². The second-order valence-electron chi connectivity index (χ2n) is 18.1. The number of amides is 2. The number of methoxy groups -OCH3 is 2. The van der Waals surface area contributed by atoms with Crippen LogP contribution in [0, 0.1) is 16.7 Å². The van der Waals surface area contributed by atoms with Crippen LogP contribution >= 0.6 is 12.4 Å². The van der Waals surface area contributed by atoms with Gasteiger partial charge in [-0.05, 0) is 35.1 Å². The number of aliphatic hydroxyl groups is 5. The minimum absolute atomic E-state index is 0. The van der Waals surface area contributed by atoms with Gasteiger partial charge in [0.1, 0.15) is 67.4 Å². The van der Waals surface area contributed by atoms with Gasteiger partial charge >= 0.3 is 5.97 Å². The average Bonchev–Trinajstić information content (AvgIpc) is 3.42. The molecule has 18 heteroatoms. The highest BCUT2D eigenvalue weighted by Gasteiger charge is 2.47. The van der Waals surface area contributed by atoms with Gasteiger partial charge in [-0.15, -0.1) is 25.6 Å². The Morgan fingerprint density at radius 3 is 1.78 bits per heavy atom. The molecule has 0 saturated carbocycles. The maximum Gasteiger partial charge on any atom is 0.338 e. The van der Waals surface area contributed by atoms with Gasteiger partial charge in [0.15, 0.2) is 18.0 Å². The van der Waals surface area contributed by atoms with Gasteiger partial charge in [-0.2, -0.15) is 0 Å². The molecule has 3 aliphatic rings. The molecule has 372 valence electrons. The van der Waals surface area contributed by atoms with E-state index in [0.717, 1.165) is 5.69 Å². The Hall–Kier alpha value is -4.95. The zero-order valence-electron chi connectivity index (χ0n) is 39.6. The molecule has 0 unspecified atom stereocenters. The number of benzene rings is 2. The fraction of sp³-hybridized carbons (Fsp3) is 0.510. The lowest BCUT2D eigenvalue weighted by molar-refractivity contribution is -0.150. The number of ether oxygens (including phenoxy) is 5. The molecule has 3 heterocycles. The number of nitrogens with zero attached hydrogens (tertiary/aromatic N) is 2. The van der Waals surface area contributed by atoms with E-state index in [9.17, 15) is 44.7 Å². The first kappa shape index (κ1) is 58.2. The summed E-state index contributed by atoms with van der Waals surface area (Å²) in [5, 5.41) is 50.7. The summed E-state index contributed by atoms with van der Waals surface area (Å²) < 4.78 is 26.1. The Morgan fingerprint density at radius 1 is 0.806 bits per heavy atom. The summed E-state index contributed by atoms with van der Waals surface area (Å²) in [4.78, 5) is 52.5. The SMILES string of the molecule is C=CCN1C(=O)[C@@H](CC(=O)[C@H](OC)[C@H](O)[C@@H](O)[C@H](O)/C=C/C(C)(C)C)COc2ccccc21.C=CCN1C(=O)[C@@H](N)COc2ccccc21.CO[C@H]1C(=O)O[C@@H]([C@H](O)/C=C/C(C)(C)C)[C@H]1O.Cl. The second-order valence-corrected chi connectivity index (χ2v) is 18.1. The lowest BCUT2D eigenvalue weighted by atomic mass is 9.91. The van der Waals surface area contributed by atoms with E-state index < -0.39 is 72.5 Å². The predicted octanol–water partition coefficient (Wildman–Crippen LogP) is 3.47. The highest BCUT2D eigenvalue weighted by Crippen LogP contribution is 2.34. The lowest BCUT2D eigenvalue weighted by Gasteiger charge is -2.28. The van der Waals surface area contributed by atoms with Crippen molar-refractivity contribution in [3.8, 4) is 11.5 Å². The van der Waals surface area contributed by atoms with Crippen molar-refractivity contribution in [1.82, 2.24) is 0 Å². The molecule has 0 spiro atoms. The third kappa shape index (κ3) is 16.7. The summed E-state index contributed by atoms with van der Waals surface area (Å²) in [7, 11) is 2.54. The minimum Gasteiger partial charge on any atom is -0.491 e. The van der Waals surface area contributed by atoms with Gasteiger partial charge in [-0.25, -0.2) is 4.79 Å². The highest BCUT2D eigenvalue weighted by atomic mass is 35.5. The van der Waals surface area contributed by atoms with Crippen molar-refractivity contribution in [1.29, 1.82) is 0 Å². The molecule has 1 saturated heterocycles. The van der Waals surface area contributed by atoms with Gasteiger partial charge in [0, 0.05) is 33.7 Å². The van der Waals surface area contributed by atoms with Crippen molar-refractivity contribution in [2.45, 2.75) is 103 Å². The number of carbonyl (C=O) groups excluding carboxylic acids is 4. The summed E-state index contributed by atoms with van der Waals surface area (Å²) in [5.74, 6) is -1.29. The van der Waals surface area contributed by atoms with Crippen molar-refractivity contribution in [3.05, 3.63) is 98.1 Å². The predicted molar refractivity (Wildman–Crippen MR) is 256 cm³/mol. The first-order valence-electron chi connectivity index (χ1n) is 21.6. The molecule has 0 bridgehead atoms. The summed E-state index contributed by atoms with van der Waals surface area (Å²) in [5.41, 5.74) is 6.74. The van der Waals surface area contributed by atoms with Crippen LogP contribution in [-0.4, -0.2) is 144 Å². The Morgan fingerprint density at radius 2 is 1.30 bits per heavy atom. The number of cyclic esters (lactones) is 1. The molecule has 67 heavy (non-hydrogen) atoms. The third-order valence-corrected chi connectivity index (χ3v) is 10.3. The normalized spacial score (nSPS) is 22.8. The molecule has 2 amide bonds. The number of anilines is 2. The summed E-state index contributed by atoms with van der Waals surface area (Å²) in [6.45, 7) is 19.9. The van der Waals surface area contributed by atoms with Crippen molar-refractivity contribution >= 4 is 47.3 Å². The van der Waals surface area contributed by atoms with Crippen LogP contribution in [0.3, 0.4) is 0 Å². The number of halogens is 1. The number of fused-ring (bicyclic) bond motifs is 2. The van der Waals surface area contributed by atoms with Crippen molar-refractivity contribution < 1.29 is 68.4 Å². The molecule has 3 aliphatic heterocycles. The molecule has 0 aliphatic carbocycles. The number of hydrogen-bond acceptors (Lipinski definition) is 15. The van der Waals surface area contributed by atoms with Crippen LogP contribution in [0.1, 0.15) is 48.0 Å². The summed E-state index contributed by atoms with van der Waals surface area (Å²) in [6.07, 6.45) is -0.934. The molecular weight excluding hydrogens is 890 g/mol. The minimum atomic E-state index is -1.69. The van der Waals surface area contributed by atoms with Crippen LogP contribution in [0.15, 0.2) is 98.1 Å². The Labute approximate surface area is 399 Å². The van der Waals surface area contributed by atoms with E-state index >= 15 is 0 Å². The third-order valence-electron chi connectivity index (χ3n) is 10.3. The number of rotatable bonds is 15. The molecule has 2 aromatic rings. The van der Waals surface area contributed by atoms with E-state index in [1.807, 2.05) is 65.8 Å². The Kier molecular flexibility index (Phi) is 23.1. The average molecular weight is 961 g/mol. The van der Waals surface area contributed by atoms with Gasteiger partial charge in [0.25, 0.3) is 0 Å². The lowest BCUT2D eigenvalue weighted by Crippen LogP contribution is -2.49. The van der Waals surface area contributed by atoms with Crippen LogP contribution in [0.25, 0.3) is 0 Å².